The molecule has 1 aliphatic rings. The fourth-order valence-electron chi connectivity index (χ4n) is 2.47. The number of benzene rings is 1. The molecule has 0 aromatic heterocycles. The lowest BCUT2D eigenvalue weighted by Crippen LogP contribution is -2.11. The smallest absolute Gasteiger partial charge is 0.00498 e. The van der Waals surface area contributed by atoms with Gasteiger partial charge >= 0.3 is 0 Å². The van der Waals surface area contributed by atoms with E-state index in [-0.39, 0.29) is 5.41 Å². The van der Waals surface area contributed by atoms with Crippen LogP contribution in [0.15, 0.2) is 24.3 Å². The SMILES string of the molecule is CC(C)(C)c1ccc([C]2CCCCC2)cc1. The van der Waals surface area contributed by atoms with Crippen LogP contribution in [0.2, 0.25) is 0 Å². The molecule has 0 spiro atoms. The van der Waals surface area contributed by atoms with E-state index in [0.29, 0.717) is 0 Å². The Kier molecular flexibility index (Phi) is 3.37. The fourth-order valence-corrected chi connectivity index (χ4v) is 2.47. The zero-order chi connectivity index (χ0) is 11.6. The number of hydrogen-bond acceptors (Lipinski definition) is 0. The molecule has 0 nitrogen and oxygen atoms in total. The van der Waals surface area contributed by atoms with Crippen molar-refractivity contribution in [2.75, 3.05) is 0 Å². The quantitative estimate of drug-likeness (QED) is 0.627. The zero-order valence-electron chi connectivity index (χ0n) is 10.8. The normalized spacial score (nSPS) is 18.7. The maximum atomic E-state index is 2.32. The summed E-state index contributed by atoms with van der Waals surface area (Å²) < 4.78 is 0. The van der Waals surface area contributed by atoms with E-state index in [4.69, 9.17) is 0 Å². The van der Waals surface area contributed by atoms with Crippen molar-refractivity contribution in [2.24, 2.45) is 0 Å². The Bertz CT molecular complexity index is 320. The average molecular weight is 215 g/mol. The molecule has 0 bridgehead atoms. The molecular formula is C16H23. The molecule has 0 heterocycles. The summed E-state index contributed by atoms with van der Waals surface area (Å²) in [5.74, 6) is 1.67. The van der Waals surface area contributed by atoms with Gasteiger partial charge in [0.05, 0.1) is 0 Å². The Labute approximate surface area is 100 Å². The predicted molar refractivity (Wildman–Crippen MR) is 70.6 cm³/mol. The highest BCUT2D eigenvalue weighted by molar-refractivity contribution is 5.35. The highest BCUT2D eigenvalue weighted by Crippen LogP contribution is 2.32. The van der Waals surface area contributed by atoms with E-state index >= 15 is 0 Å². The van der Waals surface area contributed by atoms with Crippen LogP contribution in [0.3, 0.4) is 0 Å². The Morgan fingerprint density at radius 1 is 0.812 bits per heavy atom. The molecule has 1 fully saturated rings. The maximum Gasteiger partial charge on any atom is 0.00498 e. The van der Waals surface area contributed by atoms with E-state index in [2.05, 4.69) is 45.0 Å². The molecule has 0 unspecified atom stereocenters. The lowest BCUT2D eigenvalue weighted by molar-refractivity contribution is 0.550. The molecule has 2 rings (SSSR count). The average Bonchev–Trinajstić information content (AvgIpc) is 2.29. The van der Waals surface area contributed by atoms with Crippen LogP contribution in [0.4, 0.5) is 0 Å². The fraction of sp³-hybridized carbons (Fsp3) is 0.562. The summed E-state index contributed by atoms with van der Waals surface area (Å²) in [4.78, 5) is 0. The van der Waals surface area contributed by atoms with Crippen LogP contribution >= 0.6 is 0 Å². The topological polar surface area (TPSA) is 0 Å². The Morgan fingerprint density at radius 3 is 1.88 bits per heavy atom. The minimum atomic E-state index is 0.274. The summed E-state index contributed by atoms with van der Waals surface area (Å²) in [7, 11) is 0. The first-order chi connectivity index (χ1) is 7.57. The van der Waals surface area contributed by atoms with E-state index in [1.165, 1.54) is 43.2 Å². The summed E-state index contributed by atoms with van der Waals surface area (Å²) in [6, 6.07) is 9.25. The zero-order valence-corrected chi connectivity index (χ0v) is 10.8. The molecule has 1 radical (unpaired) electrons. The van der Waals surface area contributed by atoms with Crippen molar-refractivity contribution in [1.29, 1.82) is 0 Å². The third-order valence-electron chi connectivity index (χ3n) is 3.62. The first-order valence-electron chi connectivity index (χ1n) is 6.53. The summed E-state index contributed by atoms with van der Waals surface area (Å²) >= 11 is 0. The Hall–Kier alpha value is -0.780. The van der Waals surface area contributed by atoms with E-state index in [0.717, 1.165) is 0 Å². The first-order valence-corrected chi connectivity index (χ1v) is 6.53. The molecule has 0 aliphatic heterocycles. The highest BCUT2D eigenvalue weighted by atomic mass is 14.2. The number of rotatable bonds is 1. The standard InChI is InChI=1S/C16H23/c1-16(2,3)15-11-9-14(10-12-15)13-7-5-4-6-8-13/h9-12H,4-8H2,1-3H3. The summed E-state index contributed by atoms with van der Waals surface area (Å²) in [5, 5.41) is 0. The van der Waals surface area contributed by atoms with Crippen molar-refractivity contribution in [3.05, 3.63) is 41.3 Å². The van der Waals surface area contributed by atoms with E-state index < -0.39 is 0 Å². The van der Waals surface area contributed by atoms with Gasteiger partial charge in [0.2, 0.25) is 0 Å². The molecule has 0 atom stereocenters. The summed E-state index contributed by atoms with van der Waals surface area (Å²) in [6.07, 6.45) is 6.82. The van der Waals surface area contributed by atoms with Gasteiger partial charge in [-0.25, -0.2) is 0 Å². The van der Waals surface area contributed by atoms with E-state index in [9.17, 15) is 0 Å². The monoisotopic (exact) mass is 215 g/mol. The second-order valence-electron chi connectivity index (χ2n) is 5.99. The molecule has 1 aliphatic carbocycles. The predicted octanol–water partition coefficient (Wildman–Crippen LogP) is 4.87. The number of hydrogen-bond donors (Lipinski definition) is 0. The second kappa shape index (κ2) is 4.61. The van der Waals surface area contributed by atoms with Crippen molar-refractivity contribution in [2.45, 2.75) is 58.3 Å². The maximum absolute atomic E-state index is 2.32. The Balaban J connectivity index is 2.12. The van der Waals surface area contributed by atoms with Crippen LogP contribution in [0.25, 0.3) is 0 Å². The van der Waals surface area contributed by atoms with Gasteiger partial charge in [0.1, 0.15) is 0 Å². The molecule has 16 heavy (non-hydrogen) atoms. The largest absolute Gasteiger partial charge is 0.0582 e. The minimum absolute atomic E-state index is 0.274. The summed E-state index contributed by atoms with van der Waals surface area (Å²) in [5.41, 5.74) is 3.19. The molecule has 0 heteroatoms. The molecule has 1 saturated carbocycles. The van der Waals surface area contributed by atoms with Crippen LogP contribution in [-0.4, -0.2) is 0 Å². The third-order valence-corrected chi connectivity index (χ3v) is 3.62. The molecule has 0 N–H and O–H groups in total. The lowest BCUT2D eigenvalue weighted by Gasteiger charge is -2.23. The van der Waals surface area contributed by atoms with Crippen LogP contribution < -0.4 is 0 Å². The van der Waals surface area contributed by atoms with Gasteiger partial charge < -0.3 is 0 Å². The van der Waals surface area contributed by atoms with E-state index in [1.54, 1.807) is 5.92 Å². The van der Waals surface area contributed by atoms with Gasteiger partial charge in [-0.3, -0.25) is 0 Å². The van der Waals surface area contributed by atoms with Crippen molar-refractivity contribution < 1.29 is 0 Å². The van der Waals surface area contributed by atoms with Gasteiger partial charge in [0.25, 0.3) is 0 Å². The highest BCUT2D eigenvalue weighted by Gasteiger charge is 2.17. The molecule has 0 amide bonds. The second-order valence-corrected chi connectivity index (χ2v) is 5.99. The Morgan fingerprint density at radius 2 is 1.38 bits per heavy atom. The molecule has 0 saturated heterocycles. The van der Waals surface area contributed by atoms with E-state index in [1.807, 2.05) is 0 Å². The van der Waals surface area contributed by atoms with Gasteiger partial charge in [-0.05, 0) is 29.4 Å². The molecule has 87 valence electrons. The lowest BCUT2D eigenvalue weighted by atomic mass is 9.81. The van der Waals surface area contributed by atoms with Gasteiger partial charge in [0.15, 0.2) is 0 Å². The van der Waals surface area contributed by atoms with Crippen LogP contribution in [0.5, 0.6) is 0 Å². The first kappa shape index (κ1) is 11.7. The van der Waals surface area contributed by atoms with Crippen LogP contribution in [-0.2, 0) is 5.41 Å². The van der Waals surface area contributed by atoms with Crippen molar-refractivity contribution >= 4 is 0 Å². The van der Waals surface area contributed by atoms with Crippen LogP contribution in [0.1, 0.15) is 64.0 Å². The summed E-state index contributed by atoms with van der Waals surface area (Å²) in [6.45, 7) is 6.82. The molecule has 1 aromatic carbocycles. The minimum Gasteiger partial charge on any atom is -0.0582 e. The molecule has 1 aromatic rings. The van der Waals surface area contributed by atoms with Gasteiger partial charge in [0, 0.05) is 5.92 Å². The van der Waals surface area contributed by atoms with Gasteiger partial charge in [-0.15, -0.1) is 0 Å². The van der Waals surface area contributed by atoms with Gasteiger partial charge in [-0.2, -0.15) is 0 Å². The van der Waals surface area contributed by atoms with Crippen LogP contribution in [0, 0.1) is 5.92 Å². The van der Waals surface area contributed by atoms with Crippen molar-refractivity contribution in [3.63, 3.8) is 0 Å². The van der Waals surface area contributed by atoms with Crippen molar-refractivity contribution in [1.82, 2.24) is 0 Å². The third kappa shape index (κ3) is 2.66. The van der Waals surface area contributed by atoms with Gasteiger partial charge in [-0.1, -0.05) is 64.3 Å². The van der Waals surface area contributed by atoms with Crippen molar-refractivity contribution in [3.8, 4) is 0 Å². The molecular weight excluding hydrogens is 192 g/mol.